The van der Waals surface area contributed by atoms with E-state index < -0.39 is 25.9 Å². The van der Waals surface area contributed by atoms with E-state index >= 15 is 0 Å². The highest BCUT2D eigenvalue weighted by molar-refractivity contribution is 7.92. The fourth-order valence-electron chi connectivity index (χ4n) is 4.92. The molecule has 2 saturated heterocycles. The minimum Gasteiger partial charge on any atom is -0.377 e. The molecule has 0 spiro atoms. The monoisotopic (exact) mass is 441 g/mol. The Kier molecular flexibility index (Phi) is 6.35. The van der Waals surface area contributed by atoms with Crippen LogP contribution in [0.15, 0.2) is 29.2 Å². The molecule has 0 N–H and O–H groups in total. The zero-order chi connectivity index (χ0) is 20.5. The SMILES string of the molecule is O=S1(=O)CC[C@H](N(C[C@@H]2CCCO2)S(=O)(=O)c2ccc(C3CCCCC3)cc2)C1. The van der Waals surface area contributed by atoms with Crippen molar-refractivity contribution in [1.29, 1.82) is 0 Å². The third-order valence-corrected chi connectivity index (χ3v) is 10.3. The van der Waals surface area contributed by atoms with Gasteiger partial charge in [0.15, 0.2) is 9.84 Å². The zero-order valence-corrected chi connectivity index (χ0v) is 18.5. The Hall–Kier alpha value is -0.960. The maximum absolute atomic E-state index is 13.5. The van der Waals surface area contributed by atoms with Crippen LogP contribution in [0.3, 0.4) is 0 Å². The van der Waals surface area contributed by atoms with Gasteiger partial charge in [-0.3, -0.25) is 0 Å². The number of nitrogens with zero attached hydrogens (tertiary/aromatic N) is 1. The summed E-state index contributed by atoms with van der Waals surface area (Å²) in [5.41, 5.74) is 1.21. The summed E-state index contributed by atoms with van der Waals surface area (Å²) in [5.74, 6) is 0.470. The first-order chi connectivity index (χ1) is 13.9. The molecular formula is C21H31NO5S2. The van der Waals surface area contributed by atoms with Crippen LogP contribution in [-0.2, 0) is 24.6 Å². The highest BCUT2D eigenvalue weighted by Gasteiger charge is 2.40. The topological polar surface area (TPSA) is 80.8 Å². The smallest absolute Gasteiger partial charge is 0.243 e. The fraction of sp³-hybridized carbons (Fsp3) is 0.714. The Morgan fingerprint density at radius 2 is 1.69 bits per heavy atom. The van der Waals surface area contributed by atoms with Gasteiger partial charge >= 0.3 is 0 Å². The summed E-state index contributed by atoms with van der Waals surface area (Å²) in [7, 11) is -6.97. The van der Waals surface area contributed by atoms with E-state index in [1.807, 2.05) is 12.1 Å². The molecule has 2 atom stereocenters. The summed E-state index contributed by atoms with van der Waals surface area (Å²) in [4.78, 5) is 0.249. The number of rotatable bonds is 6. The van der Waals surface area contributed by atoms with Crippen molar-refractivity contribution in [2.75, 3.05) is 24.7 Å². The molecule has 1 saturated carbocycles. The van der Waals surface area contributed by atoms with Crippen LogP contribution in [0.5, 0.6) is 0 Å². The van der Waals surface area contributed by atoms with Crippen LogP contribution in [-0.4, -0.2) is 57.9 Å². The first-order valence-electron chi connectivity index (χ1n) is 10.8. The van der Waals surface area contributed by atoms with Crippen LogP contribution in [0.4, 0.5) is 0 Å². The molecule has 0 radical (unpaired) electrons. The molecule has 162 valence electrons. The van der Waals surface area contributed by atoms with Crippen LogP contribution in [0.1, 0.15) is 62.8 Å². The Morgan fingerprint density at radius 1 is 0.966 bits per heavy atom. The van der Waals surface area contributed by atoms with E-state index in [1.54, 1.807) is 12.1 Å². The van der Waals surface area contributed by atoms with E-state index in [4.69, 9.17) is 4.74 Å². The Labute approximate surface area is 174 Å². The standard InChI is InChI=1S/C21H31NO5S2/c23-28(24)14-12-19(16-28)22(15-20-7-4-13-27-20)29(25,26)21-10-8-18(9-11-21)17-5-2-1-3-6-17/h8-11,17,19-20H,1-7,12-16H2/t19-,20-/m0/s1. The van der Waals surface area contributed by atoms with Crippen molar-refractivity contribution in [3.05, 3.63) is 29.8 Å². The van der Waals surface area contributed by atoms with Crippen molar-refractivity contribution in [3.8, 4) is 0 Å². The molecule has 2 aliphatic heterocycles. The van der Waals surface area contributed by atoms with Crippen LogP contribution >= 0.6 is 0 Å². The van der Waals surface area contributed by atoms with Gasteiger partial charge in [0.05, 0.1) is 22.5 Å². The molecule has 3 aliphatic rings. The van der Waals surface area contributed by atoms with Crippen molar-refractivity contribution in [2.45, 2.75) is 74.3 Å². The van der Waals surface area contributed by atoms with Gasteiger partial charge in [0.25, 0.3) is 0 Å². The predicted octanol–water partition coefficient (Wildman–Crippen LogP) is 3.09. The van der Waals surface area contributed by atoms with Gasteiger partial charge in [0.1, 0.15) is 0 Å². The minimum atomic E-state index is -3.78. The third-order valence-electron chi connectivity index (χ3n) is 6.59. The maximum Gasteiger partial charge on any atom is 0.243 e. The second-order valence-electron chi connectivity index (χ2n) is 8.67. The van der Waals surface area contributed by atoms with Crippen molar-refractivity contribution in [2.24, 2.45) is 0 Å². The summed E-state index contributed by atoms with van der Waals surface area (Å²) >= 11 is 0. The molecule has 1 aliphatic carbocycles. The molecule has 8 heteroatoms. The van der Waals surface area contributed by atoms with Gasteiger partial charge in [0, 0.05) is 19.2 Å². The number of hydrogen-bond donors (Lipinski definition) is 0. The third kappa shape index (κ3) is 4.86. The molecule has 1 aromatic rings. The molecule has 0 bridgehead atoms. The van der Waals surface area contributed by atoms with Crippen LogP contribution in [0.25, 0.3) is 0 Å². The lowest BCUT2D eigenvalue weighted by molar-refractivity contribution is 0.0877. The normalized spacial score (nSPS) is 28.2. The number of sulfonamides is 1. The van der Waals surface area contributed by atoms with Crippen molar-refractivity contribution < 1.29 is 21.6 Å². The number of ether oxygens (including phenoxy) is 1. The van der Waals surface area contributed by atoms with Gasteiger partial charge in [0.2, 0.25) is 10.0 Å². The first kappa shape index (κ1) is 21.3. The second-order valence-corrected chi connectivity index (χ2v) is 12.8. The Balaban J connectivity index is 1.58. The summed E-state index contributed by atoms with van der Waals surface area (Å²) in [5, 5.41) is 0. The van der Waals surface area contributed by atoms with Gasteiger partial charge in [-0.25, -0.2) is 16.8 Å². The molecule has 0 amide bonds. The Bertz CT molecular complexity index is 899. The predicted molar refractivity (Wildman–Crippen MR) is 112 cm³/mol. The largest absolute Gasteiger partial charge is 0.377 e. The summed E-state index contributed by atoms with van der Waals surface area (Å²) in [6.07, 6.45) is 8.00. The summed E-state index contributed by atoms with van der Waals surface area (Å²) in [6, 6.07) is 6.78. The average molecular weight is 442 g/mol. The molecule has 0 unspecified atom stereocenters. The van der Waals surface area contributed by atoms with E-state index in [1.165, 1.54) is 29.1 Å². The van der Waals surface area contributed by atoms with Crippen LogP contribution in [0.2, 0.25) is 0 Å². The lowest BCUT2D eigenvalue weighted by Gasteiger charge is -2.29. The summed E-state index contributed by atoms with van der Waals surface area (Å²) in [6.45, 7) is 0.866. The van der Waals surface area contributed by atoms with E-state index in [-0.39, 0.29) is 29.0 Å². The lowest BCUT2D eigenvalue weighted by atomic mass is 9.84. The second kappa shape index (κ2) is 8.65. The molecule has 6 nitrogen and oxygen atoms in total. The van der Waals surface area contributed by atoms with Gasteiger partial charge in [-0.2, -0.15) is 4.31 Å². The highest BCUT2D eigenvalue weighted by Crippen LogP contribution is 2.34. The fourth-order valence-corrected chi connectivity index (χ4v) is 8.43. The molecular weight excluding hydrogens is 410 g/mol. The van der Waals surface area contributed by atoms with E-state index in [9.17, 15) is 16.8 Å². The molecule has 1 aromatic carbocycles. The number of hydrogen-bond acceptors (Lipinski definition) is 5. The minimum absolute atomic E-state index is 0.0514. The average Bonchev–Trinajstić information content (AvgIpc) is 3.36. The van der Waals surface area contributed by atoms with Crippen molar-refractivity contribution >= 4 is 19.9 Å². The van der Waals surface area contributed by atoms with Gasteiger partial charge in [-0.05, 0) is 55.7 Å². The number of benzene rings is 1. The van der Waals surface area contributed by atoms with Crippen LogP contribution < -0.4 is 0 Å². The molecule has 0 aromatic heterocycles. The van der Waals surface area contributed by atoms with Crippen molar-refractivity contribution in [3.63, 3.8) is 0 Å². The number of sulfone groups is 1. The van der Waals surface area contributed by atoms with Crippen molar-refractivity contribution in [1.82, 2.24) is 4.31 Å². The maximum atomic E-state index is 13.5. The molecule has 2 heterocycles. The molecule has 29 heavy (non-hydrogen) atoms. The molecule has 4 rings (SSSR count). The summed E-state index contributed by atoms with van der Waals surface area (Å²) < 4.78 is 58.1. The van der Waals surface area contributed by atoms with Crippen LogP contribution in [0, 0.1) is 0 Å². The van der Waals surface area contributed by atoms with Gasteiger partial charge in [-0.15, -0.1) is 0 Å². The quantitative estimate of drug-likeness (QED) is 0.678. The Morgan fingerprint density at radius 3 is 2.28 bits per heavy atom. The molecule has 3 fully saturated rings. The van der Waals surface area contributed by atoms with E-state index in [0.29, 0.717) is 18.9 Å². The lowest BCUT2D eigenvalue weighted by Crippen LogP contribution is -2.45. The van der Waals surface area contributed by atoms with Gasteiger partial charge in [-0.1, -0.05) is 31.4 Å². The zero-order valence-electron chi connectivity index (χ0n) is 16.8. The van der Waals surface area contributed by atoms with E-state index in [2.05, 4.69) is 0 Å². The first-order valence-corrected chi connectivity index (χ1v) is 14.1. The van der Waals surface area contributed by atoms with Gasteiger partial charge < -0.3 is 4.74 Å². The highest BCUT2D eigenvalue weighted by atomic mass is 32.2. The van der Waals surface area contributed by atoms with E-state index in [0.717, 1.165) is 25.7 Å².